The lowest BCUT2D eigenvalue weighted by molar-refractivity contribution is -0.384. The van der Waals surface area contributed by atoms with Gasteiger partial charge in [-0.05, 0) is 19.4 Å². The van der Waals surface area contributed by atoms with Crippen molar-refractivity contribution in [1.82, 2.24) is 9.97 Å². The summed E-state index contributed by atoms with van der Waals surface area (Å²) in [6.45, 7) is 3.56. The maximum atomic E-state index is 11.7. The van der Waals surface area contributed by atoms with Crippen LogP contribution < -0.4 is 0 Å². The molecule has 140 valence electrons. The number of carbonyl (C=O) groups excluding carboxylic acids is 1. The molecule has 3 rings (SSSR count). The molecule has 3 aromatic rings. The summed E-state index contributed by atoms with van der Waals surface area (Å²) >= 11 is 8.86. The number of halogens is 1. The van der Waals surface area contributed by atoms with Crippen LogP contribution in [0.5, 0.6) is 0 Å². The first-order valence-electron chi connectivity index (χ1n) is 7.87. The standard InChI is InChI=1S/C17H14ClN3O4S2/c1-9(2)25-13(22)8-27-17-19-15(18)14-12(7-26-16(14)20-17)10-4-3-5-11(6-10)21(23)24/h3-7,9H,8H2,1-2H3. The van der Waals surface area contributed by atoms with Crippen molar-refractivity contribution in [3.63, 3.8) is 0 Å². The molecule has 0 fully saturated rings. The van der Waals surface area contributed by atoms with Crippen molar-refractivity contribution >= 4 is 56.6 Å². The van der Waals surface area contributed by atoms with Gasteiger partial charge in [-0.3, -0.25) is 14.9 Å². The number of hydrogen-bond acceptors (Lipinski definition) is 8. The van der Waals surface area contributed by atoms with Crippen LogP contribution in [0.15, 0.2) is 34.8 Å². The van der Waals surface area contributed by atoms with Crippen LogP contribution in [0.3, 0.4) is 0 Å². The topological polar surface area (TPSA) is 95.2 Å². The number of fused-ring (bicyclic) bond motifs is 1. The number of carbonyl (C=O) groups is 1. The molecule has 0 spiro atoms. The van der Waals surface area contributed by atoms with Gasteiger partial charge >= 0.3 is 5.97 Å². The molecule has 0 aliphatic carbocycles. The Morgan fingerprint density at radius 1 is 1.41 bits per heavy atom. The van der Waals surface area contributed by atoms with Gasteiger partial charge in [-0.15, -0.1) is 11.3 Å². The largest absolute Gasteiger partial charge is 0.462 e. The van der Waals surface area contributed by atoms with E-state index in [-0.39, 0.29) is 28.7 Å². The zero-order valence-corrected chi connectivity index (χ0v) is 16.7. The molecule has 7 nitrogen and oxygen atoms in total. The van der Waals surface area contributed by atoms with Gasteiger partial charge in [-0.2, -0.15) is 0 Å². The van der Waals surface area contributed by atoms with E-state index in [4.69, 9.17) is 16.3 Å². The minimum absolute atomic E-state index is 0.000249. The Labute approximate surface area is 167 Å². The quantitative estimate of drug-likeness (QED) is 0.138. The summed E-state index contributed by atoms with van der Waals surface area (Å²) in [6.07, 6.45) is -0.181. The number of nitrogens with zero attached hydrogens (tertiary/aromatic N) is 3. The number of nitro benzene ring substituents is 1. The number of ether oxygens (including phenoxy) is 1. The molecule has 0 atom stereocenters. The van der Waals surface area contributed by atoms with Crippen molar-refractivity contribution in [3.05, 3.63) is 44.9 Å². The van der Waals surface area contributed by atoms with Crippen LogP contribution >= 0.6 is 34.7 Å². The normalized spacial score (nSPS) is 11.1. The third kappa shape index (κ3) is 4.55. The van der Waals surface area contributed by atoms with Gasteiger partial charge in [0.05, 0.1) is 22.2 Å². The SMILES string of the molecule is CC(C)OC(=O)CSc1nc(Cl)c2c(-c3cccc([N+](=O)[O-])c3)csc2n1. The minimum Gasteiger partial charge on any atom is -0.462 e. The second kappa shape index (κ2) is 8.20. The average Bonchev–Trinajstić information content (AvgIpc) is 3.04. The number of nitro groups is 1. The molecule has 1 aromatic carbocycles. The summed E-state index contributed by atoms with van der Waals surface area (Å²) in [5.41, 5.74) is 1.40. The molecule has 10 heteroatoms. The molecule has 27 heavy (non-hydrogen) atoms. The predicted molar refractivity (Wildman–Crippen MR) is 106 cm³/mol. The van der Waals surface area contributed by atoms with Gasteiger partial charge in [0.15, 0.2) is 5.16 Å². The number of non-ortho nitro benzene ring substituents is 1. The number of esters is 1. The second-order valence-corrected chi connectivity index (χ2v) is 7.92. The van der Waals surface area contributed by atoms with E-state index in [0.29, 0.717) is 20.9 Å². The molecular weight excluding hydrogens is 410 g/mol. The fourth-order valence-corrected chi connectivity index (χ4v) is 4.37. The van der Waals surface area contributed by atoms with Crippen LogP contribution in [0.2, 0.25) is 5.15 Å². The summed E-state index contributed by atoms with van der Waals surface area (Å²) in [6, 6.07) is 6.31. The van der Waals surface area contributed by atoms with Crippen LogP contribution in [0, 0.1) is 10.1 Å². The van der Waals surface area contributed by atoms with Gasteiger partial charge < -0.3 is 4.74 Å². The molecule has 0 radical (unpaired) electrons. The molecule has 0 bridgehead atoms. The first kappa shape index (κ1) is 19.5. The highest BCUT2D eigenvalue weighted by atomic mass is 35.5. The highest BCUT2D eigenvalue weighted by Gasteiger charge is 2.17. The van der Waals surface area contributed by atoms with Crippen LogP contribution in [0.25, 0.3) is 21.3 Å². The number of rotatable bonds is 6. The summed E-state index contributed by atoms with van der Waals surface area (Å²) in [5.74, 6) is -0.262. The van der Waals surface area contributed by atoms with Gasteiger partial charge in [0.25, 0.3) is 5.69 Å². The Morgan fingerprint density at radius 3 is 2.89 bits per heavy atom. The van der Waals surface area contributed by atoms with Crippen molar-refractivity contribution < 1.29 is 14.5 Å². The third-order valence-corrected chi connectivity index (χ3v) is 5.39. The van der Waals surface area contributed by atoms with Gasteiger partial charge in [0, 0.05) is 23.1 Å². The molecular formula is C17H14ClN3O4S2. The lowest BCUT2D eigenvalue weighted by Crippen LogP contribution is -2.13. The summed E-state index contributed by atoms with van der Waals surface area (Å²) in [7, 11) is 0. The van der Waals surface area contributed by atoms with Crippen molar-refractivity contribution in [2.75, 3.05) is 5.75 Å². The Hall–Kier alpha value is -2.23. The van der Waals surface area contributed by atoms with Gasteiger partial charge in [-0.25, -0.2) is 9.97 Å². The van der Waals surface area contributed by atoms with Crippen LogP contribution in [-0.2, 0) is 9.53 Å². The van der Waals surface area contributed by atoms with Crippen molar-refractivity contribution in [3.8, 4) is 11.1 Å². The van der Waals surface area contributed by atoms with E-state index in [1.165, 1.54) is 23.5 Å². The van der Waals surface area contributed by atoms with E-state index in [2.05, 4.69) is 9.97 Å². The van der Waals surface area contributed by atoms with Crippen molar-refractivity contribution in [1.29, 1.82) is 0 Å². The summed E-state index contributed by atoms with van der Waals surface area (Å²) in [4.78, 5) is 31.6. The van der Waals surface area contributed by atoms with E-state index < -0.39 is 4.92 Å². The monoisotopic (exact) mass is 423 g/mol. The molecule has 0 unspecified atom stereocenters. The van der Waals surface area contributed by atoms with Gasteiger partial charge in [0.1, 0.15) is 9.98 Å². The zero-order valence-electron chi connectivity index (χ0n) is 14.3. The lowest BCUT2D eigenvalue weighted by atomic mass is 10.1. The molecule has 0 saturated heterocycles. The fourth-order valence-electron chi connectivity index (χ4n) is 2.37. The van der Waals surface area contributed by atoms with E-state index >= 15 is 0 Å². The Balaban J connectivity index is 1.90. The smallest absolute Gasteiger partial charge is 0.316 e. The molecule has 0 N–H and O–H groups in total. The number of thiophene rings is 1. The predicted octanol–water partition coefficient (Wildman–Crippen LogP) is 4.96. The molecule has 0 amide bonds. The van der Waals surface area contributed by atoms with Crippen molar-refractivity contribution in [2.45, 2.75) is 25.1 Å². The zero-order chi connectivity index (χ0) is 19.6. The maximum absolute atomic E-state index is 11.7. The Bertz CT molecular complexity index is 1020. The molecule has 0 aliphatic heterocycles. The number of benzene rings is 1. The van der Waals surface area contributed by atoms with E-state index in [9.17, 15) is 14.9 Å². The average molecular weight is 424 g/mol. The summed E-state index contributed by atoms with van der Waals surface area (Å²) in [5, 5.41) is 14.1. The van der Waals surface area contributed by atoms with Crippen molar-refractivity contribution in [2.24, 2.45) is 0 Å². The minimum atomic E-state index is -0.443. The number of hydrogen-bond donors (Lipinski definition) is 0. The highest BCUT2D eigenvalue weighted by Crippen LogP contribution is 2.38. The Kier molecular flexibility index (Phi) is 5.93. The van der Waals surface area contributed by atoms with E-state index in [0.717, 1.165) is 17.3 Å². The highest BCUT2D eigenvalue weighted by molar-refractivity contribution is 7.99. The van der Waals surface area contributed by atoms with Gasteiger partial charge in [0.2, 0.25) is 0 Å². The molecule has 0 aliphatic rings. The maximum Gasteiger partial charge on any atom is 0.316 e. The molecule has 0 saturated carbocycles. The lowest BCUT2D eigenvalue weighted by Gasteiger charge is -2.07. The van der Waals surface area contributed by atoms with E-state index in [1.807, 2.05) is 5.38 Å². The Morgan fingerprint density at radius 2 is 2.19 bits per heavy atom. The number of thioether (sulfide) groups is 1. The van der Waals surface area contributed by atoms with Gasteiger partial charge in [-0.1, -0.05) is 35.5 Å². The third-order valence-electron chi connectivity index (χ3n) is 3.42. The molecule has 2 aromatic heterocycles. The summed E-state index contributed by atoms with van der Waals surface area (Å²) < 4.78 is 5.08. The van der Waals surface area contributed by atoms with E-state index in [1.54, 1.807) is 26.0 Å². The first-order chi connectivity index (χ1) is 12.8. The number of aromatic nitrogens is 2. The van der Waals surface area contributed by atoms with Crippen LogP contribution in [-0.4, -0.2) is 32.7 Å². The molecule has 2 heterocycles. The first-order valence-corrected chi connectivity index (χ1v) is 10.1. The van der Waals surface area contributed by atoms with Crippen LogP contribution in [0.4, 0.5) is 5.69 Å². The fraction of sp³-hybridized carbons (Fsp3) is 0.235. The van der Waals surface area contributed by atoms with Crippen LogP contribution in [0.1, 0.15) is 13.8 Å². The second-order valence-electron chi connectivity index (χ2n) is 5.76.